The van der Waals surface area contributed by atoms with Gasteiger partial charge in [-0.15, -0.1) is 0 Å². The Hall–Kier alpha value is -1.94. The number of hydrogen-bond acceptors (Lipinski definition) is 3. The fourth-order valence-electron chi connectivity index (χ4n) is 1.60. The van der Waals surface area contributed by atoms with E-state index in [2.05, 4.69) is 10.1 Å². The molecule has 2 aromatic rings. The molecule has 0 amide bonds. The van der Waals surface area contributed by atoms with Crippen molar-refractivity contribution < 1.29 is 4.79 Å². The van der Waals surface area contributed by atoms with Gasteiger partial charge in [-0.2, -0.15) is 5.10 Å². The smallest absolute Gasteiger partial charge is 0.170 e. The molecule has 0 saturated heterocycles. The number of fused-ring (bicyclic) bond motifs is 1. The second-order valence-corrected chi connectivity index (χ2v) is 3.76. The number of imidazole rings is 1. The van der Waals surface area contributed by atoms with Crippen LogP contribution in [0.5, 0.6) is 0 Å². The Morgan fingerprint density at radius 1 is 1.38 bits per heavy atom. The van der Waals surface area contributed by atoms with Crippen molar-refractivity contribution in [3.8, 4) is 0 Å². The fraction of sp³-hybridized carbons (Fsp3) is 0. The van der Waals surface area contributed by atoms with Crippen molar-refractivity contribution in [2.75, 3.05) is 0 Å². The Bertz CT molecular complexity index is 655. The number of hydrogen-bond donors (Lipinski definition) is 0. The largest absolute Gasteiger partial charge is 0.296 e. The molecule has 1 aliphatic rings. The lowest BCUT2D eigenvalue weighted by Crippen LogP contribution is -1.99. The van der Waals surface area contributed by atoms with Crippen molar-refractivity contribution in [3.63, 3.8) is 0 Å². The van der Waals surface area contributed by atoms with Gasteiger partial charge in [-0.25, -0.2) is 9.50 Å². The molecule has 0 N–H and O–H groups in total. The van der Waals surface area contributed by atoms with Gasteiger partial charge in [-0.3, -0.25) is 4.79 Å². The lowest BCUT2D eigenvalue weighted by molar-refractivity contribution is 0.111. The molecule has 0 fully saturated rings. The lowest BCUT2D eigenvalue weighted by atomic mass is 10.0. The highest BCUT2D eigenvalue weighted by Crippen LogP contribution is 2.24. The Balaban J connectivity index is 2.33. The van der Waals surface area contributed by atoms with Gasteiger partial charge in [0.05, 0.1) is 0 Å². The van der Waals surface area contributed by atoms with Crippen molar-refractivity contribution >= 4 is 29.1 Å². The fourth-order valence-corrected chi connectivity index (χ4v) is 1.74. The number of carbonyl (C=O) groups is 1. The molecular weight excluding hydrogens is 226 g/mol. The number of halogens is 1. The quantitative estimate of drug-likeness (QED) is 0.744. The molecule has 0 radical (unpaired) electrons. The summed E-state index contributed by atoms with van der Waals surface area (Å²) in [6.07, 6.45) is 6.44. The zero-order chi connectivity index (χ0) is 11.1. The first-order valence-corrected chi connectivity index (χ1v) is 5.06. The molecule has 78 valence electrons. The average Bonchev–Trinajstić information content (AvgIpc) is 2.52. The van der Waals surface area contributed by atoms with Crippen molar-refractivity contribution in [1.29, 1.82) is 0 Å². The molecule has 0 spiro atoms. The molecule has 1 aliphatic carbocycles. The van der Waals surface area contributed by atoms with Crippen LogP contribution < -0.4 is 0 Å². The first-order valence-electron chi connectivity index (χ1n) is 4.69. The van der Waals surface area contributed by atoms with E-state index in [0.717, 1.165) is 11.9 Å². The van der Waals surface area contributed by atoms with Crippen LogP contribution in [0.15, 0.2) is 30.4 Å². The molecule has 2 aromatic heterocycles. The summed E-state index contributed by atoms with van der Waals surface area (Å²) < 4.78 is 1.46. The van der Waals surface area contributed by atoms with E-state index < -0.39 is 0 Å². The number of aromatic nitrogens is 3. The lowest BCUT2D eigenvalue weighted by Gasteiger charge is -2.03. The molecule has 0 aliphatic heterocycles. The minimum atomic E-state index is 0.331. The summed E-state index contributed by atoms with van der Waals surface area (Å²) in [4.78, 5) is 15.4. The van der Waals surface area contributed by atoms with Crippen LogP contribution in [0.3, 0.4) is 0 Å². The van der Waals surface area contributed by atoms with E-state index in [1.54, 1.807) is 12.1 Å². The number of nitrogens with zero attached hydrogens (tertiary/aromatic N) is 3. The highest BCUT2D eigenvalue weighted by atomic mass is 35.5. The molecule has 0 bridgehead atoms. The van der Waals surface area contributed by atoms with Gasteiger partial charge in [0.25, 0.3) is 0 Å². The summed E-state index contributed by atoms with van der Waals surface area (Å²) >= 11 is 5.78. The summed E-state index contributed by atoms with van der Waals surface area (Å²) in [6.45, 7) is 0. The molecular formula is C11H6ClN3O. The highest BCUT2D eigenvalue weighted by Gasteiger charge is 2.16. The van der Waals surface area contributed by atoms with Gasteiger partial charge in [0.2, 0.25) is 0 Å². The topological polar surface area (TPSA) is 47.3 Å². The Morgan fingerprint density at radius 2 is 2.19 bits per heavy atom. The monoisotopic (exact) mass is 231 g/mol. The van der Waals surface area contributed by atoms with Gasteiger partial charge in [0.15, 0.2) is 11.9 Å². The average molecular weight is 232 g/mol. The van der Waals surface area contributed by atoms with Crippen LogP contribution in [-0.4, -0.2) is 20.9 Å². The van der Waals surface area contributed by atoms with Gasteiger partial charge < -0.3 is 0 Å². The second kappa shape index (κ2) is 3.28. The number of rotatable bonds is 2. The standard InChI is InChI=1S/C11H6ClN3O/c12-9-4-5-10-13-11(7-2-1-3-7)8(6-16)15(10)14-9/h1-6H. The second-order valence-electron chi connectivity index (χ2n) is 3.37. The minimum Gasteiger partial charge on any atom is -0.296 e. The Labute approximate surface area is 95.9 Å². The summed E-state index contributed by atoms with van der Waals surface area (Å²) in [5.41, 5.74) is 2.62. The van der Waals surface area contributed by atoms with Gasteiger partial charge in [-0.1, -0.05) is 29.8 Å². The summed E-state index contributed by atoms with van der Waals surface area (Å²) in [5.74, 6) is 0. The number of carbonyl (C=O) groups excluding carboxylic acids is 1. The van der Waals surface area contributed by atoms with Crippen LogP contribution in [0, 0.1) is 0 Å². The molecule has 0 atom stereocenters. The van der Waals surface area contributed by atoms with Crippen LogP contribution in [0.1, 0.15) is 16.2 Å². The molecule has 0 unspecified atom stereocenters. The third-order valence-corrected chi connectivity index (χ3v) is 2.62. The zero-order valence-electron chi connectivity index (χ0n) is 8.09. The first kappa shape index (κ1) is 9.30. The number of aldehydes is 1. The zero-order valence-corrected chi connectivity index (χ0v) is 8.85. The molecule has 2 heterocycles. The van der Waals surface area contributed by atoms with E-state index in [1.165, 1.54) is 4.52 Å². The van der Waals surface area contributed by atoms with Crippen LogP contribution in [0.4, 0.5) is 0 Å². The van der Waals surface area contributed by atoms with E-state index in [9.17, 15) is 4.79 Å². The van der Waals surface area contributed by atoms with Crippen LogP contribution >= 0.6 is 11.6 Å². The van der Waals surface area contributed by atoms with Crippen LogP contribution in [-0.2, 0) is 0 Å². The van der Waals surface area contributed by atoms with Gasteiger partial charge >= 0.3 is 0 Å². The minimum absolute atomic E-state index is 0.331. The van der Waals surface area contributed by atoms with Gasteiger partial charge in [-0.05, 0) is 12.1 Å². The van der Waals surface area contributed by atoms with Gasteiger partial charge in [0.1, 0.15) is 16.5 Å². The van der Waals surface area contributed by atoms with Crippen molar-refractivity contribution in [1.82, 2.24) is 14.6 Å². The van der Waals surface area contributed by atoms with Gasteiger partial charge in [0, 0.05) is 5.57 Å². The Kier molecular flexibility index (Phi) is 1.91. The SMILES string of the molecule is O=Cc1c(C2=CC=C2)nc2ccc(Cl)nn12. The maximum absolute atomic E-state index is 11.1. The molecule has 16 heavy (non-hydrogen) atoms. The molecule has 3 rings (SSSR count). The molecule has 0 saturated carbocycles. The van der Waals surface area contributed by atoms with E-state index in [-0.39, 0.29) is 0 Å². The maximum Gasteiger partial charge on any atom is 0.170 e. The van der Waals surface area contributed by atoms with Crippen LogP contribution in [0.25, 0.3) is 11.2 Å². The third-order valence-electron chi connectivity index (χ3n) is 2.42. The summed E-state index contributed by atoms with van der Waals surface area (Å²) in [6, 6.07) is 3.38. The van der Waals surface area contributed by atoms with Crippen molar-refractivity contribution in [2.24, 2.45) is 0 Å². The molecule has 5 heteroatoms. The van der Waals surface area contributed by atoms with E-state index in [1.807, 2.05) is 18.2 Å². The Morgan fingerprint density at radius 3 is 2.81 bits per heavy atom. The predicted octanol–water partition coefficient (Wildman–Crippen LogP) is 2.15. The van der Waals surface area contributed by atoms with Crippen molar-refractivity contribution in [3.05, 3.63) is 46.9 Å². The third kappa shape index (κ3) is 1.20. The maximum atomic E-state index is 11.1. The van der Waals surface area contributed by atoms with E-state index >= 15 is 0 Å². The molecule has 0 aromatic carbocycles. The molecule has 4 nitrogen and oxygen atoms in total. The predicted molar refractivity (Wildman–Crippen MR) is 60.5 cm³/mol. The number of allylic oxidation sites excluding steroid dienone is 4. The van der Waals surface area contributed by atoms with Crippen LogP contribution in [0.2, 0.25) is 5.15 Å². The first-order chi connectivity index (χ1) is 7.79. The normalized spacial score (nSPS) is 13.7. The van der Waals surface area contributed by atoms with E-state index in [0.29, 0.717) is 22.2 Å². The summed E-state index contributed by atoms with van der Waals surface area (Å²) in [7, 11) is 0. The van der Waals surface area contributed by atoms with E-state index in [4.69, 9.17) is 11.6 Å². The summed E-state index contributed by atoms with van der Waals surface area (Å²) in [5, 5.41) is 4.38. The van der Waals surface area contributed by atoms with Crippen molar-refractivity contribution in [2.45, 2.75) is 0 Å². The highest BCUT2D eigenvalue weighted by molar-refractivity contribution is 6.29.